The highest BCUT2D eigenvalue weighted by Crippen LogP contribution is 2.38. The molecule has 1 aliphatic rings. The molecule has 150 valence electrons. The van der Waals surface area contributed by atoms with E-state index in [1.54, 1.807) is 24.1 Å². The smallest absolute Gasteiger partial charge is 0.321 e. The molecule has 0 radical (unpaired) electrons. The monoisotopic (exact) mass is 411 g/mol. The zero-order chi connectivity index (χ0) is 20.2. The molecule has 0 atom stereocenters. The summed E-state index contributed by atoms with van der Waals surface area (Å²) < 4.78 is 5.62. The van der Waals surface area contributed by atoms with Gasteiger partial charge in [-0.2, -0.15) is 5.10 Å². The number of carbonyl (C=O) groups excluding carboxylic acids is 1. The topological polar surface area (TPSA) is 83.1 Å². The summed E-state index contributed by atoms with van der Waals surface area (Å²) in [6.45, 7) is 0.814. The third kappa shape index (κ3) is 5.06. The Labute approximate surface area is 174 Å². The van der Waals surface area contributed by atoms with Crippen LogP contribution in [0.4, 0.5) is 10.5 Å². The molecule has 8 heteroatoms. The molecule has 0 saturated heterocycles. The first-order valence-electron chi connectivity index (χ1n) is 9.52. The fraction of sp³-hybridized carbons (Fsp3) is 0.286. The van der Waals surface area contributed by atoms with Crippen LogP contribution < -0.4 is 10.1 Å². The summed E-state index contributed by atoms with van der Waals surface area (Å²) in [5.74, 6) is 2.85. The number of aromatic amines is 1. The highest BCUT2D eigenvalue weighted by atomic mass is 35.5. The number of urea groups is 1. The van der Waals surface area contributed by atoms with Crippen molar-refractivity contribution in [3.63, 3.8) is 0 Å². The summed E-state index contributed by atoms with van der Waals surface area (Å²) in [5, 5.41) is 10.8. The number of carbonyl (C=O) groups is 1. The Morgan fingerprint density at radius 2 is 2.07 bits per heavy atom. The first-order chi connectivity index (χ1) is 14.1. The second-order valence-electron chi connectivity index (χ2n) is 7.05. The van der Waals surface area contributed by atoms with Gasteiger partial charge in [-0.3, -0.25) is 5.10 Å². The van der Waals surface area contributed by atoms with E-state index >= 15 is 0 Å². The second-order valence-corrected chi connectivity index (χ2v) is 7.49. The van der Waals surface area contributed by atoms with Crippen LogP contribution >= 0.6 is 11.6 Å². The first kappa shape index (κ1) is 19.3. The molecule has 1 aromatic heterocycles. The number of likely N-dealkylation sites (N-methyl/N-ethyl adjacent to an activating group) is 1. The zero-order valence-corrected chi connectivity index (χ0v) is 16.8. The summed E-state index contributed by atoms with van der Waals surface area (Å²) in [6, 6.07) is 14.5. The second kappa shape index (κ2) is 8.53. The fourth-order valence-electron chi connectivity index (χ4n) is 2.82. The van der Waals surface area contributed by atoms with E-state index in [9.17, 15) is 4.79 Å². The van der Waals surface area contributed by atoms with Crippen LogP contribution in [0.3, 0.4) is 0 Å². The summed E-state index contributed by atoms with van der Waals surface area (Å²) in [4.78, 5) is 18.5. The number of anilines is 1. The molecule has 1 saturated carbocycles. The molecule has 1 fully saturated rings. The maximum absolute atomic E-state index is 12.4. The number of ether oxygens (including phenoxy) is 1. The van der Waals surface area contributed by atoms with Crippen molar-refractivity contribution in [2.24, 2.45) is 0 Å². The Morgan fingerprint density at radius 3 is 2.79 bits per heavy atom. The molecule has 0 bridgehead atoms. The van der Waals surface area contributed by atoms with Crippen LogP contribution in [-0.4, -0.2) is 46.3 Å². The molecular weight excluding hydrogens is 390 g/mol. The van der Waals surface area contributed by atoms with Crippen LogP contribution in [-0.2, 0) is 0 Å². The summed E-state index contributed by atoms with van der Waals surface area (Å²) in [6.07, 6.45) is 2.36. The van der Waals surface area contributed by atoms with Crippen molar-refractivity contribution >= 4 is 23.3 Å². The predicted octanol–water partition coefficient (Wildman–Crippen LogP) is 4.55. The minimum absolute atomic E-state index is 0.207. The van der Waals surface area contributed by atoms with E-state index in [0.29, 0.717) is 41.4 Å². The maximum Gasteiger partial charge on any atom is 0.321 e. The molecule has 4 rings (SSSR count). The van der Waals surface area contributed by atoms with Gasteiger partial charge in [-0.25, -0.2) is 9.78 Å². The molecule has 0 aliphatic heterocycles. The summed E-state index contributed by atoms with van der Waals surface area (Å²) in [5.41, 5.74) is 1.62. The molecule has 1 heterocycles. The van der Waals surface area contributed by atoms with E-state index in [2.05, 4.69) is 20.5 Å². The number of rotatable bonds is 7. The normalized spacial score (nSPS) is 13.2. The predicted molar refractivity (Wildman–Crippen MR) is 112 cm³/mol. The van der Waals surface area contributed by atoms with Crippen molar-refractivity contribution < 1.29 is 9.53 Å². The first-order valence-corrected chi connectivity index (χ1v) is 9.89. The van der Waals surface area contributed by atoms with Gasteiger partial charge in [-0.15, -0.1) is 0 Å². The van der Waals surface area contributed by atoms with E-state index in [-0.39, 0.29) is 6.03 Å². The molecule has 29 heavy (non-hydrogen) atoms. The quantitative estimate of drug-likeness (QED) is 0.597. The molecule has 2 N–H and O–H groups in total. The lowest BCUT2D eigenvalue weighted by Crippen LogP contribution is -2.34. The Balaban J connectivity index is 1.27. The Morgan fingerprint density at radius 1 is 1.28 bits per heavy atom. The lowest BCUT2D eigenvalue weighted by Gasteiger charge is -2.18. The lowest BCUT2D eigenvalue weighted by atomic mass is 10.2. The van der Waals surface area contributed by atoms with Gasteiger partial charge in [0.2, 0.25) is 0 Å². The molecular formula is C21H22ClN5O2. The number of hydrogen-bond donors (Lipinski definition) is 2. The minimum atomic E-state index is -0.207. The van der Waals surface area contributed by atoms with Gasteiger partial charge < -0.3 is 15.0 Å². The van der Waals surface area contributed by atoms with Crippen LogP contribution in [0.2, 0.25) is 5.02 Å². The van der Waals surface area contributed by atoms with Crippen molar-refractivity contribution in [3.8, 4) is 17.1 Å². The number of amides is 2. The lowest BCUT2D eigenvalue weighted by molar-refractivity contribution is 0.207. The van der Waals surface area contributed by atoms with Gasteiger partial charge in [-0.1, -0.05) is 17.7 Å². The van der Waals surface area contributed by atoms with Crippen molar-refractivity contribution in [2.45, 2.75) is 18.8 Å². The standard InChI is InChI=1S/C21H22ClN5O2/c1-27(11-12-29-18-4-2-3-16(22)13-18)21(28)23-17-9-7-15(8-10-17)20-24-19(25-26-20)14-5-6-14/h2-4,7-10,13-14H,5-6,11-12H2,1H3,(H,23,28)(H,24,25,26). The van der Waals surface area contributed by atoms with Gasteiger partial charge >= 0.3 is 6.03 Å². The van der Waals surface area contributed by atoms with Gasteiger partial charge in [0, 0.05) is 29.2 Å². The molecule has 1 aliphatic carbocycles. The van der Waals surface area contributed by atoms with Crippen molar-refractivity contribution in [2.75, 3.05) is 25.5 Å². The SMILES string of the molecule is CN(CCOc1cccc(Cl)c1)C(=O)Nc1ccc(-c2n[nH]c(C3CC3)n2)cc1. The van der Waals surface area contributed by atoms with E-state index in [1.807, 2.05) is 36.4 Å². The highest BCUT2D eigenvalue weighted by molar-refractivity contribution is 6.30. The fourth-order valence-corrected chi connectivity index (χ4v) is 3.00. The van der Waals surface area contributed by atoms with Crippen molar-refractivity contribution in [3.05, 3.63) is 59.4 Å². The zero-order valence-electron chi connectivity index (χ0n) is 16.1. The number of H-pyrrole nitrogens is 1. The van der Waals surface area contributed by atoms with Gasteiger partial charge in [-0.05, 0) is 55.3 Å². The molecule has 0 spiro atoms. The molecule has 0 unspecified atom stereocenters. The van der Waals surface area contributed by atoms with Gasteiger partial charge in [0.15, 0.2) is 5.82 Å². The maximum atomic E-state index is 12.4. The van der Waals surface area contributed by atoms with Crippen LogP contribution in [0.5, 0.6) is 5.75 Å². The average Bonchev–Trinajstić information content (AvgIpc) is 3.45. The molecule has 2 amide bonds. The van der Waals surface area contributed by atoms with Crippen LogP contribution in [0.15, 0.2) is 48.5 Å². The van der Waals surface area contributed by atoms with Crippen LogP contribution in [0, 0.1) is 0 Å². The number of benzene rings is 2. The Hall–Kier alpha value is -3.06. The van der Waals surface area contributed by atoms with Crippen LogP contribution in [0.1, 0.15) is 24.6 Å². The summed E-state index contributed by atoms with van der Waals surface area (Å²) >= 11 is 5.93. The molecule has 3 aromatic rings. The van der Waals surface area contributed by atoms with E-state index < -0.39 is 0 Å². The Bertz CT molecular complexity index is 985. The van der Waals surface area contributed by atoms with E-state index in [4.69, 9.17) is 16.3 Å². The van der Waals surface area contributed by atoms with Gasteiger partial charge in [0.05, 0.1) is 6.54 Å². The number of nitrogens with zero attached hydrogens (tertiary/aromatic N) is 3. The minimum Gasteiger partial charge on any atom is -0.492 e. The van der Waals surface area contributed by atoms with Crippen LogP contribution in [0.25, 0.3) is 11.4 Å². The van der Waals surface area contributed by atoms with E-state index in [0.717, 1.165) is 11.4 Å². The van der Waals surface area contributed by atoms with Gasteiger partial charge in [0.1, 0.15) is 18.2 Å². The van der Waals surface area contributed by atoms with Crippen molar-refractivity contribution in [1.82, 2.24) is 20.1 Å². The molecule has 7 nitrogen and oxygen atoms in total. The number of hydrogen-bond acceptors (Lipinski definition) is 4. The molecule has 2 aromatic carbocycles. The van der Waals surface area contributed by atoms with Gasteiger partial charge in [0.25, 0.3) is 0 Å². The van der Waals surface area contributed by atoms with E-state index in [1.165, 1.54) is 12.8 Å². The highest BCUT2D eigenvalue weighted by Gasteiger charge is 2.27. The number of halogens is 1. The number of aromatic nitrogens is 3. The third-order valence-corrected chi connectivity index (χ3v) is 4.93. The largest absolute Gasteiger partial charge is 0.492 e. The van der Waals surface area contributed by atoms with Crippen molar-refractivity contribution in [1.29, 1.82) is 0 Å². The third-order valence-electron chi connectivity index (χ3n) is 4.70. The Kier molecular flexibility index (Phi) is 5.67. The number of nitrogens with one attached hydrogen (secondary N) is 2. The average molecular weight is 412 g/mol. The summed E-state index contributed by atoms with van der Waals surface area (Å²) in [7, 11) is 1.72.